The first-order valence-electron chi connectivity index (χ1n) is 6.03. The fourth-order valence-electron chi connectivity index (χ4n) is 1.76. The van der Waals surface area contributed by atoms with E-state index < -0.39 is 0 Å². The Morgan fingerprint density at radius 3 is 2.81 bits per heavy atom. The number of nitrogens with zero attached hydrogens (tertiary/aromatic N) is 2. The molecule has 0 fully saturated rings. The number of nitrogens with one attached hydrogen (secondary N) is 1. The summed E-state index contributed by atoms with van der Waals surface area (Å²) in [5.74, 6) is 6.36. The van der Waals surface area contributed by atoms with E-state index in [1.165, 1.54) is 25.7 Å². The van der Waals surface area contributed by atoms with Crippen LogP contribution in [0.1, 0.15) is 56.6 Å². The summed E-state index contributed by atoms with van der Waals surface area (Å²) >= 11 is 0. The van der Waals surface area contributed by atoms with Crippen LogP contribution in [-0.4, -0.2) is 9.97 Å². The molecule has 0 radical (unpaired) electrons. The molecule has 90 valence electrons. The number of aryl methyl sites for hydroxylation is 1. The number of aromatic nitrogens is 2. The van der Waals surface area contributed by atoms with E-state index in [1.807, 2.05) is 13.0 Å². The molecule has 0 saturated heterocycles. The zero-order chi connectivity index (χ0) is 11.8. The molecule has 1 aromatic rings. The second-order valence-corrected chi connectivity index (χ2v) is 4.10. The molecule has 0 amide bonds. The number of hydrazine groups is 1. The van der Waals surface area contributed by atoms with Crippen molar-refractivity contribution in [1.29, 1.82) is 0 Å². The van der Waals surface area contributed by atoms with Gasteiger partial charge in [-0.3, -0.25) is 11.3 Å². The van der Waals surface area contributed by atoms with E-state index in [1.54, 1.807) is 6.20 Å². The highest BCUT2D eigenvalue weighted by molar-refractivity contribution is 5.06. The monoisotopic (exact) mass is 222 g/mol. The van der Waals surface area contributed by atoms with E-state index in [9.17, 15) is 0 Å². The highest BCUT2D eigenvalue weighted by atomic mass is 15.2. The van der Waals surface area contributed by atoms with Gasteiger partial charge in [0, 0.05) is 6.20 Å². The Hall–Kier alpha value is -1.00. The average molecular weight is 222 g/mol. The molecule has 0 aliphatic carbocycles. The minimum absolute atomic E-state index is 0.151. The average Bonchev–Trinajstić information content (AvgIpc) is 2.29. The van der Waals surface area contributed by atoms with E-state index >= 15 is 0 Å². The molecule has 0 aliphatic heterocycles. The molecule has 1 heterocycles. The minimum Gasteiger partial charge on any atom is -0.271 e. The van der Waals surface area contributed by atoms with E-state index in [4.69, 9.17) is 5.84 Å². The largest absolute Gasteiger partial charge is 0.271 e. The van der Waals surface area contributed by atoms with E-state index in [-0.39, 0.29) is 6.04 Å². The SMILES string of the molecule is CCCCCCC(NN)c1ccnc(C)n1. The number of hydrogen-bond acceptors (Lipinski definition) is 4. The summed E-state index contributed by atoms with van der Waals surface area (Å²) in [6.07, 6.45) is 7.82. The smallest absolute Gasteiger partial charge is 0.125 e. The number of unbranched alkanes of at least 4 members (excludes halogenated alkanes) is 3. The van der Waals surface area contributed by atoms with Gasteiger partial charge in [-0.25, -0.2) is 9.97 Å². The van der Waals surface area contributed by atoms with Crippen LogP contribution in [0.4, 0.5) is 0 Å². The topological polar surface area (TPSA) is 63.8 Å². The Morgan fingerprint density at radius 1 is 1.38 bits per heavy atom. The van der Waals surface area contributed by atoms with Crippen molar-refractivity contribution in [3.05, 3.63) is 23.8 Å². The van der Waals surface area contributed by atoms with Crippen LogP contribution in [-0.2, 0) is 0 Å². The zero-order valence-corrected chi connectivity index (χ0v) is 10.2. The number of rotatable bonds is 7. The van der Waals surface area contributed by atoms with E-state index in [0.29, 0.717) is 0 Å². The van der Waals surface area contributed by atoms with Crippen molar-refractivity contribution >= 4 is 0 Å². The molecule has 16 heavy (non-hydrogen) atoms. The van der Waals surface area contributed by atoms with E-state index in [2.05, 4.69) is 22.3 Å². The van der Waals surface area contributed by atoms with Crippen molar-refractivity contribution in [2.75, 3.05) is 0 Å². The molecule has 1 aromatic heterocycles. The Labute approximate surface area is 97.7 Å². The lowest BCUT2D eigenvalue weighted by atomic mass is 10.1. The van der Waals surface area contributed by atoms with Gasteiger partial charge in [0.2, 0.25) is 0 Å². The van der Waals surface area contributed by atoms with Gasteiger partial charge in [-0.05, 0) is 19.4 Å². The Morgan fingerprint density at radius 2 is 2.19 bits per heavy atom. The quantitative estimate of drug-likeness (QED) is 0.422. The van der Waals surface area contributed by atoms with Crippen molar-refractivity contribution in [2.24, 2.45) is 5.84 Å². The van der Waals surface area contributed by atoms with Crippen molar-refractivity contribution in [2.45, 2.75) is 52.0 Å². The molecule has 0 spiro atoms. The first-order valence-corrected chi connectivity index (χ1v) is 6.03. The molecule has 4 heteroatoms. The number of nitrogens with two attached hydrogens (primary N) is 1. The maximum Gasteiger partial charge on any atom is 0.125 e. The van der Waals surface area contributed by atoms with Crippen LogP contribution in [0.2, 0.25) is 0 Å². The van der Waals surface area contributed by atoms with Crippen molar-refractivity contribution in [1.82, 2.24) is 15.4 Å². The molecule has 0 bridgehead atoms. The second-order valence-electron chi connectivity index (χ2n) is 4.10. The maximum absolute atomic E-state index is 5.56. The van der Waals surface area contributed by atoms with Crippen LogP contribution in [0, 0.1) is 6.92 Å². The zero-order valence-electron chi connectivity index (χ0n) is 10.2. The van der Waals surface area contributed by atoms with Crippen LogP contribution in [0.5, 0.6) is 0 Å². The van der Waals surface area contributed by atoms with Gasteiger partial charge in [0.25, 0.3) is 0 Å². The fourth-order valence-corrected chi connectivity index (χ4v) is 1.76. The maximum atomic E-state index is 5.56. The fraction of sp³-hybridized carbons (Fsp3) is 0.667. The molecule has 0 saturated carbocycles. The summed E-state index contributed by atoms with van der Waals surface area (Å²) in [4.78, 5) is 8.48. The predicted octanol–water partition coefficient (Wildman–Crippen LogP) is 2.26. The minimum atomic E-state index is 0.151. The Balaban J connectivity index is 2.47. The predicted molar refractivity (Wildman–Crippen MR) is 65.6 cm³/mol. The van der Waals surface area contributed by atoms with Crippen molar-refractivity contribution in [3.8, 4) is 0 Å². The molecule has 0 aromatic carbocycles. The van der Waals surface area contributed by atoms with Crippen LogP contribution in [0.25, 0.3) is 0 Å². The van der Waals surface area contributed by atoms with Crippen molar-refractivity contribution < 1.29 is 0 Å². The summed E-state index contributed by atoms with van der Waals surface area (Å²) in [6, 6.07) is 2.08. The summed E-state index contributed by atoms with van der Waals surface area (Å²) in [6.45, 7) is 4.11. The van der Waals surface area contributed by atoms with Gasteiger partial charge in [0.1, 0.15) is 5.82 Å². The lowest BCUT2D eigenvalue weighted by molar-refractivity contribution is 0.471. The lowest BCUT2D eigenvalue weighted by Gasteiger charge is -2.15. The first kappa shape index (κ1) is 13.1. The van der Waals surface area contributed by atoms with Gasteiger partial charge in [-0.15, -0.1) is 0 Å². The molecule has 1 atom stereocenters. The van der Waals surface area contributed by atoms with E-state index in [0.717, 1.165) is 17.9 Å². The first-order chi connectivity index (χ1) is 7.77. The third kappa shape index (κ3) is 4.24. The third-order valence-electron chi connectivity index (χ3n) is 2.70. The molecule has 1 rings (SSSR count). The molecule has 1 unspecified atom stereocenters. The van der Waals surface area contributed by atoms with Crippen LogP contribution in [0.3, 0.4) is 0 Å². The molecule has 4 nitrogen and oxygen atoms in total. The highest BCUT2D eigenvalue weighted by Crippen LogP contribution is 2.17. The van der Waals surface area contributed by atoms with Crippen LogP contribution >= 0.6 is 0 Å². The van der Waals surface area contributed by atoms with Gasteiger partial charge in [0.15, 0.2) is 0 Å². The van der Waals surface area contributed by atoms with Gasteiger partial charge in [0.05, 0.1) is 11.7 Å². The molecule has 3 N–H and O–H groups in total. The standard InChI is InChI=1S/C12H22N4/c1-3-4-5-6-7-12(16-13)11-8-9-14-10(2)15-11/h8-9,12,16H,3-7,13H2,1-2H3. The van der Waals surface area contributed by atoms with Gasteiger partial charge in [-0.1, -0.05) is 32.6 Å². The Bertz CT molecular complexity index is 301. The summed E-state index contributed by atoms with van der Waals surface area (Å²) in [7, 11) is 0. The summed E-state index contributed by atoms with van der Waals surface area (Å²) < 4.78 is 0. The van der Waals surface area contributed by atoms with Gasteiger partial charge >= 0.3 is 0 Å². The number of hydrogen-bond donors (Lipinski definition) is 2. The molecule has 0 aliphatic rings. The normalized spacial score (nSPS) is 12.7. The summed E-state index contributed by atoms with van der Waals surface area (Å²) in [5, 5.41) is 0. The van der Waals surface area contributed by atoms with Gasteiger partial charge < -0.3 is 0 Å². The summed E-state index contributed by atoms with van der Waals surface area (Å²) in [5.41, 5.74) is 3.82. The molecular formula is C12H22N4. The third-order valence-corrected chi connectivity index (χ3v) is 2.70. The van der Waals surface area contributed by atoms with Crippen LogP contribution < -0.4 is 11.3 Å². The Kier molecular flexibility index (Phi) is 5.96. The lowest BCUT2D eigenvalue weighted by Crippen LogP contribution is -2.28. The van der Waals surface area contributed by atoms with Crippen molar-refractivity contribution in [3.63, 3.8) is 0 Å². The second kappa shape index (κ2) is 7.30. The van der Waals surface area contributed by atoms with Gasteiger partial charge in [-0.2, -0.15) is 0 Å². The van der Waals surface area contributed by atoms with Crippen LogP contribution in [0.15, 0.2) is 12.3 Å². The highest BCUT2D eigenvalue weighted by Gasteiger charge is 2.10. The molecular weight excluding hydrogens is 200 g/mol.